The molecule has 2 aliphatic carbocycles. The van der Waals surface area contributed by atoms with Crippen molar-refractivity contribution in [1.29, 1.82) is 0 Å². The summed E-state index contributed by atoms with van der Waals surface area (Å²) in [7, 11) is 0. The Hall–Kier alpha value is -4.41. The average molecular weight is 639 g/mol. The molecule has 46 heavy (non-hydrogen) atoms. The van der Waals surface area contributed by atoms with Gasteiger partial charge in [0, 0.05) is 52.9 Å². The first-order chi connectivity index (χ1) is 21.4. The van der Waals surface area contributed by atoms with Crippen molar-refractivity contribution >= 4 is 17.3 Å². The quantitative estimate of drug-likeness (QED) is 0.175. The molecule has 8 nitrogen and oxygen atoms in total. The Morgan fingerprint density at radius 2 is 1.57 bits per heavy atom. The maximum atomic E-state index is 13.8. The van der Waals surface area contributed by atoms with Crippen molar-refractivity contribution in [3.05, 3.63) is 92.3 Å². The van der Waals surface area contributed by atoms with Gasteiger partial charge in [0.1, 0.15) is 0 Å². The van der Waals surface area contributed by atoms with E-state index in [1.807, 2.05) is 27.7 Å². The molecule has 0 fully saturated rings. The third kappa shape index (κ3) is 6.32. The first-order valence-corrected chi connectivity index (χ1v) is 15.2. The van der Waals surface area contributed by atoms with E-state index in [0.717, 1.165) is 17.5 Å². The van der Waals surface area contributed by atoms with Crippen LogP contribution in [0.15, 0.2) is 65.5 Å². The number of carbonyl (C=O) groups excluding carboxylic acids is 2. The highest BCUT2D eigenvalue weighted by Gasteiger charge is 2.46. The molecule has 1 heterocycles. The Labute approximate surface area is 265 Å². The number of ether oxygens (including phenoxy) is 2. The van der Waals surface area contributed by atoms with Crippen molar-refractivity contribution in [2.45, 2.75) is 78.8 Å². The van der Waals surface area contributed by atoms with Crippen molar-refractivity contribution < 1.29 is 37.2 Å². The van der Waals surface area contributed by atoms with Crippen molar-refractivity contribution in [3.63, 3.8) is 0 Å². The molecule has 0 amide bonds. The average Bonchev–Trinajstić information content (AvgIpc) is 2.91. The Balaban J connectivity index is 1.71. The number of hydrogen-bond acceptors (Lipinski definition) is 7. The third-order valence-electron chi connectivity index (χ3n) is 8.57. The second kappa shape index (κ2) is 11.7. The number of alkyl halides is 3. The fourth-order valence-electron chi connectivity index (χ4n) is 6.79. The van der Waals surface area contributed by atoms with E-state index in [2.05, 4.69) is 11.9 Å². The highest BCUT2D eigenvalue weighted by Crippen LogP contribution is 2.53. The van der Waals surface area contributed by atoms with Crippen LogP contribution in [0.4, 0.5) is 18.9 Å². The zero-order valence-corrected chi connectivity index (χ0v) is 26.5. The lowest BCUT2D eigenvalue weighted by atomic mass is 9.64. The molecule has 0 spiro atoms. The molecule has 11 heteroatoms. The predicted octanol–water partition coefficient (Wildman–Crippen LogP) is 8.51. The number of ketones is 2. The maximum Gasteiger partial charge on any atom is 0.416 e. The van der Waals surface area contributed by atoms with Crippen molar-refractivity contribution in [3.8, 4) is 17.2 Å². The van der Waals surface area contributed by atoms with Crippen LogP contribution in [0.1, 0.15) is 82.9 Å². The van der Waals surface area contributed by atoms with Gasteiger partial charge in [-0.15, -0.1) is 6.58 Å². The summed E-state index contributed by atoms with van der Waals surface area (Å²) in [6, 6.07) is 5.48. The van der Waals surface area contributed by atoms with Gasteiger partial charge in [0.15, 0.2) is 23.1 Å². The number of benzene rings is 2. The van der Waals surface area contributed by atoms with E-state index in [-0.39, 0.29) is 46.9 Å². The van der Waals surface area contributed by atoms with Crippen LogP contribution >= 0.6 is 0 Å². The second-order valence-electron chi connectivity index (χ2n) is 13.7. The van der Waals surface area contributed by atoms with Gasteiger partial charge < -0.3 is 14.8 Å². The molecular weight excluding hydrogens is 601 g/mol. The van der Waals surface area contributed by atoms with Gasteiger partial charge in [0.25, 0.3) is 0 Å². The van der Waals surface area contributed by atoms with Crippen LogP contribution in [-0.4, -0.2) is 23.1 Å². The van der Waals surface area contributed by atoms with E-state index < -0.39 is 34.0 Å². The summed E-state index contributed by atoms with van der Waals surface area (Å²) in [4.78, 5) is 38.5. The number of nitrogens with zero attached hydrogens (tertiary/aromatic N) is 1. The molecule has 2 aromatic rings. The highest BCUT2D eigenvalue weighted by molar-refractivity contribution is 6.06. The minimum Gasteiger partial charge on any atom is -0.490 e. The molecule has 0 unspecified atom stereocenters. The molecule has 0 aromatic heterocycles. The van der Waals surface area contributed by atoms with Crippen LogP contribution in [0.3, 0.4) is 0 Å². The number of halogens is 3. The van der Waals surface area contributed by atoms with Crippen LogP contribution < -0.4 is 14.8 Å². The van der Waals surface area contributed by atoms with Gasteiger partial charge in [0.05, 0.1) is 17.1 Å². The summed E-state index contributed by atoms with van der Waals surface area (Å²) in [6.45, 7) is 13.9. The number of carbonyl (C=O) groups is 2. The van der Waals surface area contributed by atoms with Gasteiger partial charge >= 0.3 is 11.9 Å². The van der Waals surface area contributed by atoms with Gasteiger partial charge in [-0.2, -0.15) is 13.2 Å². The summed E-state index contributed by atoms with van der Waals surface area (Å²) < 4.78 is 52.1. The van der Waals surface area contributed by atoms with Gasteiger partial charge in [-0.1, -0.05) is 39.8 Å². The van der Waals surface area contributed by atoms with Gasteiger partial charge in [-0.25, -0.2) is 0 Å². The molecule has 1 aliphatic heterocycles. The molecule has 3 aliphatic rings. The van der Waals surface area contributed by atoms with Crippen molar-refractivity contribution in [2.24, 2.45) is 10.8 Å². The van der Waals surface area contributed by atoms with Crippen molar-refractivity contribution in [2.75, 3.05) is 6.61 Å². The maximum absolute atomic E-state index is 13.8. The number of allylic oxidation sites excluding steroid dienone is 5. The van der Waals surface area contributed by atoms with Crippen molar-refractivity contribution in [1.82, 2.24) is 5.32 Å². The first kappa shape index (κ1) is 33.0. The van der Waals surface area contributed by atoms with Crippen LogP contribution in [0.2, 0.25) is 0 Å². The minimum atomic E-state index is -4.79. The lowest BCUT2D eigenvalue weighted by Crippen LogP contribution is -2.42. The number of Topliss-reactive ketones (excluding diaryl/α,β-unsaturated/α-hetero) is 2. The summed E-state index contributed by atoms with van der Waals surface area (Å²) in [5.41, 5.74) is 1.13. The molecule has 0 saturated carbocycles. The van der Waals surface area contributed by atoms with Gasteiger partial charge in [-0.05, 0) is 60.8 Å². The fraction of sp³-hybridized carbons (Fsp3) is 0.429. The Kier molecular flexibility index (Phi) is 8.42. The highest BCUT2D eigenvalue weighted by atomic mass is 19.4. The molecular formula is C35H37F3N2O6. The van der Waals surface area contributed by atoms with E-state index in [0.29, 0.717) is 60.1 Å². The van der Waals surface area contributed by atoms with E-state index in [9.17, 15) is 32.9 Å². The third-order valence-corrected chi connectivity index (χ3v) is 8.57. The largest absolute Gasteiger partial charge is 0.490 e. The van der Waals surface area contributed by atoms with Crippen LogP contribution in [0.25, 0.3) is 0 Å². The zero-order chi connectivity index (χ0) is 33.8. The standard InChI is InChI=1S/C35H37F3N2O6/c1-7-9-19-12-20(13-28(45-8-2)32(19)46-27-11-10-21(35(36,37)38)14-24(27)40(43)44)29-30-22(15-33(3,4)17-25(30)41)39-23-16-34(5,6)18-26(42)31(23)29/h7,10-14,29,39H,1,8-9,15-18H2,2-6H3. The van der Waals surface area contributed by atoms with Gasteiger partial charge in [0.2, 0.25) is 5.75 Å². The predicted molar refractivity (Wildman–Crippen MR) is 166 cm³/mol. The Morgan fingerprint density at radius 3 is 2.07 bits per heavy atom. The monoisotopic (exact) mass is 638 g/mol. The Morgan fingerprint density at radius 1 is 0.978 bits per heavy atom. The lowest BCUT2D eigenvalue weighted by molar-refractivity contribution is -0.385. The number of nitrogens with one attached hydrogen (secondary N) is 1. The SMILES string of the molecule is C=CCc1cc(C2C3=C(CC(C)(C)CC3=O)NC3=C2C(=O)CC(C)(C)C3)cc(OCC)c1Oc1ccc(C(F)(F)F)cc1[N+](=O)[O-]. The summed E-state index contributed by atoms with van der Waals surface area (Å²) in [6.07, 6.45) is -1.15. The Bertz CT molecular complexity index is 1670. The summed E-state index contributed by atoms with van der Waals surface area (Å²) >= 11 is 0. The van der Waals surface area contributed by atoms with E-state index in [1.54, 1.807) is 25.1 Å². The van der Waals surface area contributed by atoms with E-state index in [4.69, 9.17) is 9.47 Å². The minimum absolute atomic E-state index is 0.0585. The normalized spacial score (nSPS) is 19.3. The smallest absolute Gasteiger partial charge is 0.416 e. The topological polar surface area (TPSA) is 108 Å². The summed E-state index contributed by atoms with van der Waals surface area (Å²) in [5, 5.41) is 15.3. The van der Waals surface area contributed by atoms with Crippen LogP contribution in [0.5, 0.6) is 17.2 Å². The number of dihydropyridines is 1. The molecule has 244 valence electrons. The second-order valence-corrected chi connectivity index (χ2v) is 13.7. The molecule has 0 radical (unpaired) electrons. The first-order valence-electron chi connectivity index (χ1n) is 15.2. The number of rotatable bonds is 8. The lowest BCUT2D eigenvalue weighted by Gasteiger charge is -2.44. The molecule has 0 bridgehead atoms. The molecule has 0 atom stereocenters. The van der Waals surface area contributed by atoms with E-state index in [1.165, 1.54) is 0 Å². The number of nitro groups is 1. The van der Waals surface area contributed by atoms with Crippen LogP contribution in [-0.2, 0) is 22.2 Å². The molecule has 1 N–H and O–H groups in total. The van der Waals surface area contributed by atoms with Gasteiger partial charge in [-0.3, -0.25) is 19.7 Å². The number of nitro benzene ring substituents is 1. The summed E-state index contributed by atoms with van der Waals surface area (Å²) in [5.74, 6) is -0.966. The van der Waals surface area contributed by atoms with E-state index >= 15 is 0 Å². The molecule has 5 rings (SSSR count). The zero-order valence-electron chi connectivity index (χ0n) is 26.5. The number of hydrogen-bond donors (Lipinski definition) is 1. The fourth-order valence-corrected chi connectivity index (χ4v) is 6.79. The molecule has 0 saturated heterocycles. The molecule has 2 aromatic carbocycles. The van der Waals surface area contributed by atoms with Crippen LogP contribution in [0, 0.1) is 20.9 Å².